The number of carbonyl (C=O) groups is 2. The molecule has 1 unspecified atom stereocenters. The summed E-state index contributed by atoms with van der Waals surface area (Å²) in [6.45, 7) is 6.76. The molecule has 0 saturated carbocycles. The van der Waals surface area contributed by atoms with Crippen molar-refractivity contribution >= 4 is 12.1 Å². The fourth-order valence-corrected chi connectivity index (χ4v) is 2.64. The molecule has 1 spiro atoms. The molecule has 2 rings (SSSR count). The number of esters is 1. The number of nitrogens with zero attached hydrogens (tertiary/aromatic N) is 1. The van der Waals surface area contributed by atoms with Crippen molar-refractivity contribution in [3.05, 3.63) is 0 Å². The summed E-state index contributed by atoms with van der Waals surface area (Å²) in [7, 11) is 1.36. The van der Waals surface area contributed by atoms with E-state index >= 15 is 0 Å². The second-order valence-electron chi connectivity index (χ2n) is 6.48. The standard InChI is InChI=1S/C14H23NO5/c1-13(2,3)20-12(17)15-7-5-14(6-8-15)9-10(19-14)11(16)18-4/h10H,5-9H2,1-4H3. The second-order valence-corrected chi connectivity index (χ2v) is 6.48. The molecule has 0 N–H and O–H groups in total. The third kappa shape index (κ3) is 3.23. The normalized spacial score (nSPS) is 25.0. The van der Waals surface area contributed by atoms with E-state index in [-0.39, 0.29) is 17.7 Å². The van der Waals surface area contributed by atoms with Gasteiger partial charge in [0.1, 0.15) is 5.60 Å². The van der Waals surface area contributed by atoms with Gasteiger partial charge in [-0.25, -0.2) is 9.59 Å². The fraction of sp³-hybridized carbons (Fsp3) is 0.857. The van der Waals surface area contributed by atoms with Gasteiger partial charge in [-0.3, -0.25) is 0 Å². The Morgan fingerprint density at radius 1 is 1.25 bits per heavy atom. The lowest BCUT2D eigenvalue weighted by Crippen LogP contribution is -2.59. The molecule has 2 saturated heterocycles. The third-order valence-corrected chi connectivity index (χ3v) is 3.74. The van der Waals surface area contributed by atoms with Gasteiger partial charge in [0.2, 0.25) is 0 Å². The maximum Gasteiger partial charge on any atom is 0.410 e. The Kier molecular flexibility index (Phi) is 3.95. The molecular formula is C14H23NO5. The first-order chi connectivity index (χ1) is 9.25. The molecule has 6 nitrogen and oxygen atoms in total. The number of likely N-dealkylation sites (tertiary alicyclic amines) is 1. The largest absolute Gasteiger partial charge is 0.467 e. The van der Waals surface area contributed by atoms with E-state index in [0.717, 1.165) is 12.8 Å². The van der Waals surface area contributed by atoms with Crippen molar-refractivity contribution in [2.75, 3.05) is 20.2 Å². The molecule has 1 amide bonds. The molecule has 1 atom stereocenters. The molecule has 2 heterocycles. The molecule has 20 heavy (non-hydrogen) atoms. The second kappa shape index (κ2) is 5.24. The maximum absolute atomic E-state index is 11.9. The zero-order chi connectivity index (χ0) is 15.0. The van der Waals surface area contributed by atoms with Crippen molar-refractivity contribution in [1.29, 1.82) is 0 Å². The first-order valence-corrected chi connectivity index (χ1v) is 6.98. The van der Waals surface area contributed by atoms with Gasteiger partial charge in [0, 0.05) is 19.5 Å². The van der Waals surface area contributed by atoms with Gasteiger partial charge < -0.3 is 19.1 Å². The van der Waals surface area contributed by atoms with Crippen LogP contribution >= 0.6 is 0 Å². The molecule has 2 aliphatic heterocycles. The average molecular weight is 285 g/mol. The highest BCUT2D eigenvalue weighted by molar-refractivity contribution is 5.75. The molecule has 2 fully saturated rings. The number of ether oxygens (including phenoxy) is 3. The minimum atomic E-state index is -0.477. The van der Waals surface area contributed by atoms with Gasteiger partial charge in [0.25, 0.3) is 0 Å². The van der Waals surface area contributed by atoms with E-state index in [1.165, 1.54) is 7.11 Å². The molecule has 6 heteroatoms. The number of hydrogen-bond donors (Lipinski definition) is 0. The van der Waals surface area contributed by atoms with E-state index in [2.05, 4.69) is 4.74 Å². The molecule has 0 aliphatic carbocycles. The zero-order valence-corrected chi connectivity index (χ0v) is 12.6. The topological polar surface area (TPSA) is 65.1 Å². The smallest absolute Gasteiger partial charge is 0.410 e. The minimum absolute atomic E-state index is 0.253. The highest BCUT2D eigenvalue weighted by Gasteiger charge is 2.51. The number of amides is 1. The molecule has 0 aromatic rings. The molecular weight excluding hydrogens is 262 g/mol. The van der Waals surface area contributed by atoms with Crippen LogP contribution in [-0.2, 0) is 19.0 Å². The predicted molar refractivity (Wildman–Crippen MR) is 71.3 cm³/mol. The van der Waals surface area contributed by atoms with E-state index < -0.39 is 11.7 Å². The first kappa shape index (κ1) is 15.1. The van der Waals surface area contributed by atoms with Gasteiger partial charge in [-0.1, -0.05) is 0 Å². The van der Waals surface area contributed by atoms with E-state index in [0.29, 0.717) is 19.5 Å². The van der Waals surface area contributed by atoms with E-state index in [4.69, 9.17) is 9.47 Å². The Balaban J connectivity index is 1.79. The molecule has 2 aliphatic rings. The Hall–Kier alpha value is -1.30. The Bertz CT molecular complexity index is 385. The lowest BCUT2D eigenvalue weighted by Gasteiger charge is -2.50. The van der Waals surface area contributed by atoms with E-state index in [1.54, 1.807) is 4.90 Å². The van der Waals surface area contributed by atoms with Crippen molar-refractivity contribution in [2.24, 2.45) is 0 Å². The van der Waals surface area contributed by atoms with Crippen molar-refractivity contribution in [3.8, 4) is 0 Å². The molecule has 114 valence electrons. The van der Waals surface area contributed by atoms with E-state index in [1.807, 2.05) is 20.8 Å². The summed E-state index contributed by atoms with van der Waals surface area (Å²) in [5.41, 5.74) is -0.730. The third-order valence-electron chi connectivity index (χ3n) is 3.74. The van der Waals surface area contributed by atoms with Crippen LogP contribution in [0, 0.1) is 0 Å². The number of rotatable bonds is 1. The van der Waals surface area contributed by atoms with Gasteiger partial charge in [-0.05, 0) is 33.6 Å². The minimum Gasteiger partial charge on any atom is -0.467 e. The lowest BCUT2D eigenvalue weighted by molar-refractivity contribution is -0.232. The summed E-state index contributed by atoms with van der Waals surface area (Å²) in [5, 5.41) is 0. The number of methoxy groups -OCH3 is 1. The zero-order valence-electron chi connectivity index (χ0n) is 12.6. The average Bonchev–Trinajstić information content (AvgIpc) is 2.33. The van der Waals surface area contributed by atoms with Crippen LogP contribution in [0.3, 0.4) is 0 Å². The number of carbonyl (C=O) groups excluding carboxylic acids is 2. The van der Waals surface area contributed by atoms with Crippen molar-refractivity contribution in [3.63, 3.8) is 0 Å². The Labute approximate surface area is 119 Å². The van der Waals surface area contributed by atoms with Crippen molar-refractivity contribution < 1.29 is 23.8 Å². The van der Waals surface area contributed by atoms with Crippen molar-refractivity contribution in [1.82, 2.24) is 4.90 Å². The SMILES string of the molecule is COC(=O)C1CC2(CCN(C(=O)OC(C)(C)C)CC2)O1. The predicted octanol–water partition coefficient (Wildman–Crippen LogP) is 1.72. The Morgan fingerprint density at radius 3 is 2.25 bits per heavy atom. The van der Waals surface area contributed by atoms with Gasteiger partial charge >= 0.3 is 12.1 Å². The highest BCUT2D eigenvalue weighted by atomic mass is 16.6. The number of hydrogen-bond acceptors (Lipinski definition) is 5. The summed E-state index contributed by atoms with van der Waals surface area (Å²) < 4.78 is 15.7. The summed E-state index contributed by atoms with van der Waals surface area (Å²) in [5.74, 6) is -0.315. The van der Waals surface area contributed by atoms with Crippen LogP contribution in [0.4, 0.5) is 4.79 Å². The Morgan fingerprint density at radius 2 is 1.80 bits per heavy atom. The van der Waals surface area contributed by atoms with Crippen LogP contribution in [0.2, 0.25) is 0 Å². The maximum atomic E-state index is 11.9. The van der Waals surface area contributed by atoms with E-state index in [9.17, 15) is 9.59 Å². The molecule has 0 radical (unpaired) electrons. The highest BCUT2D eigenvalue weighted by Crippen LogP contribution is 2.41. The van der Waals surface area contributed by atoms with Gasteiger partial charge in [0.15, 0.2) is 6.10 Å². The quantitative estimate of drug-likeness (QED) is 0.686. The number of piperidine rings is 1. The van der Waals surface area contributed by atoms with Crippen LogP contribution in [-0.4, -0.2) is 54.5 Å². The summed E-state index contributed by atoms with van der Waals surface area (Å²) in [4.78, 5) is 25.0. The molecule has 0 aromatic carbocycles. The van der Waals surface area contributed by atoms with Crippen LogP contribution in [0.5, 0.6) is 0 Å². The van der Waals surface area contributed by atoms with Crippen LogP contribution in [0.15, 0.2) is 0 Å². The summed E-state index contributed by atoms with van der Waals surface area (Å²) in [6, 6.07) is 0. The van der Waals surface area contributed by atoms with Gasteiger partial charge in [0.05, 0.1) is 12.7 Å². The van der Waals surface area contributed by atoms with Gasteiger partial charge in [-0.2, -0.15) is 0 Å². The summed E-state index contributed by atoms with van der Waals surface area (Å²) >= 11 is 0. The first-order valence-electron chi connectivity index (χ1n) is 6.98. The van der Waals surface area contributed by atoms with Crippen LogP contribution in [0.1, 0.15) is 40.0 Å². The van der Waals surface area contributed by atoms with Crippen molar-refractivity contribution in [2.45, 2.75) is 57.3 Å². The van der Waals surface area contributed by atoms with Gasteiger partial charge in [-0.15, -0.1) is 0 Å². The molecule has 0 bridgehead atoms. The monoisotopic (exact) mass is 285 g/mol. The molecule has 0 aromatic heterocycles. The summed E-state index contributed by atoms with van der Waals surface area (Å²) in [6.07, 6.45) is 1.44. The fourth-order valence-electron chi connectivity index (χ4n) is 2.64. The van der Waals surface area contributed by atoms with Crippen LogP contribution < -0.4 is 0 Å². The lowest BCUT2D eigenvalue weighted by atomic mass is 9.80. The van der Waals surface area contributed by atoms with Crippen LogP contribution in [0.25, 0.3) is 0 Å².